The molecule has 1 nitrogen and oxygen atoms in total. The summed E-state index contributed by atoms with van der Waals surface area (Å²) in [5, 5.41) is 4.14. The lowest BCUT2D eigenvalue weighted by Crippen LogP contribution is -2.40. The van der Waals surface area contributed by atoms with Gasteiger partial charge in [-0.25, -0.2) is 0 Å². The fourth-order valence-corrected chi connectivity index (χ4v) is 3.99. The number of hydrogen-bond donors (Lipinski definition) is 1. The molecule has 0 rings (SSSR count). The van der Waals surface area contributed by atoms with Gasteiger partial charge in [-0.15, -0.1) is 12.3 Å². The van der Waals surface area contributed by atoms with Crippen molar-refractivity contribution in [3.05, 3.63) is 12.3 Å². The highest BCUT2D eigenvalue weighted by Crippen LogP contribution is 2.38. The lowest BCUT2D eigenvalue weighted by molar-refractivity contribution is 0.689. The van der Waals surface area contributed by atoms with Gasteiger partial charge >= 0.3 is 0 Å². The Morgan fingerprint density at radius 3 is 1.88 bits per heavy atom. The Hall–Kier alpha value is 0.134. The Kier molecular flexibility index (Phi) is 6.39. The van der Waals surface area contributed by atoms with Gasteiger partial charge in [0.1, 0.15) is 0 Å². The van der Waals surface area contributed by atoms with E-state index in [-0.39, 0.29) is 0 Å². The van der Waals surface area contributed by atoms with Crippen LogP contribution in [-0.4, -0.2) is 29.2 Å². The average Bonchev–Trinajstić information content (AvgIpc) is 2.15. The molecule has 0 fully saturated rings. The van der Waals surface area contributed by atoms with Crippen molar-refractivity contribution in [3.63, 3.8) is 0 Å². The molecule has 0 aliphatic heterocycles. The number of hydrogen-bond acceptors (Lipinski definition) is 1. The van der Waals surface area contributed by atoms with Gasteiger partial charge in [-0.3, -0.25) is 0 Å². The van der Waals surface area contributed by atoms with Gasteiger partial charge in [0, 0.05) is 0 Å². The average molecular weight is 272 g/mol. The minimum Gasteiger partial charge on any atom is -0.317 e. The third kappa shape index (κ3) is 6.58. The Balaban J connectivity index is 3.84. The Labute approximate surface area is 111 Å². The maximum Gasteiger partial charge on any atom is 0.0722 e. The molecule has 0 saturated heterocycles. The zero-order chi connectivity index (χ0) is 13.7. The number of rotatable bonds is 7. The fourth-order valence-electron chi connectivity index (χ4n) is 1.41. The molecule has 0 amide bonds. The molecule has 0 aromatic heterocycles. The van der Waals surface area contributed by atoms with Gasteiger partial charge in [0.05, 0.1) is 16.1 Å². The molecule has 17 heavy (non-hydrogen) atoms. The first-order valence-electron chi connectivity index (χ1n) is 6.86. The summed E-state index contributed by atoms with van der Waals surface area (Å²) in [6.07, 6.45) is 0. The highest BCUT2D eigenvalue weighted by molar-refractivity contribution is 6.82. The first-order chi connectivity index (χ1) is 7.52. The van der Waals surface area contributed by atoms with E-state index in [9.17, 15) is 0 Å². The van der Waals surface area contributed by atoms with Crippen molar-refractivity contribution in [2.45, 2.75) is 64.1 Å². The normalized spacial score (nSPS) is 13.8. The van der Waals surface area contributed by atoms with Crippen LogP contribution in [0.25, 0.3) is 0 Å². The van der Waals surface area contributed by atoms with E-state index < -0.39 is 16.1 Å². The molecule has 0 heterocycles. The van der Waals surface area contributed by atoms with E-state index in [2.05, 4.69) is 64.6 Å². The molecule has 0 bridgehead atoms. The summed E-state index contributed by atoms with van der Waals surface area (Å²) in [5.41, 5.74) is 2.20. The maximum atomic E-state index is 3.94. The second kappa shape index (κ2) is 6.34. The van der Waals surface area contributed by atoms with Crippen LogP contribution >= 0.6 is 0 Å². The highest BCUT2D eigenvalue weighted by Gasteiger charge is 2.34. The molecule has 0 aliphatic rings. The van der Waals surface area contributed by atoms with Gasteiger partial charge in [-0.2, -0.15) is 0 Å². The zero-order valence-electron chi connectivity index (χ0n) is 13.1. The maximum absolute atomic E-state index is 3.94. The zero-order valence-corrected chi connectivity index (χ0v) is 15.1. The molecule has 0 radical (unpaired) electrons. The van der Waals surface area contributed by atoms with E-state index in [1.807, 2.05) is 0 Å². The van der Waals surface area contributed by atoms with Gasteiger partial charge in [0.25, 0.3) is 0 Å². The monoisotopic (exact) mass is 271 g/mol. The van der Waals surface area contributed by atoms with Crippen molar-refractivity contribution in [1.82, 2.24) is 5.32 Å². The van der Waals surface area contributed by atoms with Crippen molar-refractivity contribution >= 4 is 16.1 Å². The second-order valence-electron chi connectivity index (χ2n) is 7.58. The Morgan fingerprint density at radius 2 is 1.47 bits per heavy atom. The van der Waals surface area contributed by atoms with Gasteiger partial charge in [0.15, 0.2) is 0 Å². The van der Waals surface area contributed by atoms with Crippen LogP contribution in [-0.2, 0) is 0 Å². The molecular formula is C14H33NSi2. The predicted octanol–water partition coefficient (Wildman–Crippen LogP) is 4.52. The van der Waals surface area contributed by atoms with E-state index in [1.54, 1.807) is 0 Å². The summed E-state index contributed by atoms with van der Waals surface area (Å²) in [6.45, 7) is 23.3. The molecule has 1 N–H and O–H groups in total. The molecule has 0 spiro atoms. The van der Waals surface area contributed by atoms with E-state index in [0.29, 0.717) is 5.04 Å². The molecule has 0 aliphatic carbocycles. The fraction of sp³-hybridized carbons (Fsp3) is 0.857. The summed E-state index contributed by atoms with van der Waals surface area (Å²) in [6, 6.07) is 2.70. The van der Waals surface area contributed by atoms with Crippen molar-refractivity contribution < 1.29 is 0 Å². The van der Waals surface area contributed by atoms with Crippen LogP contribution in [0.5, 0.6) is 0 Å². The molecule has 102 valence electrons. The van der Waals surface area contributed by atoms with Crippen LogP contribution in [0.4, 0.5) is 0 Å². The molecule has 0 saturated carbocycles. The quantitative estimate of drug-likeness (QED) is 0.530. The lowest BCUT2D eigenvalue weighted by atomic mass is 10.2. The molecular weight excluding hydrogens is 238 g/mol. The SMILES string of the molecule is C=C[Si](C)(C)CCNCC[Si](C)(C)C(C)(C)C. The summed E-state index contributed by atoms with van der Waals surface area (Å²) in [7, 11) is -2.18. The van der Waals surface area contributed by atoms with Crippen molar-refractivity contribution in [1.29, 1.82) is 0 Å². The topological polar surface area (TPSA) is 12.0 Å². The van der Waals surface area contributed by atoms with Crippen molar-refractivity contribution in [2.75, 3.05) is 13.1 Å². The molecule has 0 aromatic rings. The molecule has 0 aromatic carbocycles. The minimum absolute atomic E-state index is 0.518. The third-order valence-corrected chi connectivity index (χ3v) is 12.7. The highest BCUT2D eigenvalue weighted by atomic mass is 28.3. The summed E-state index contributed by atoms with van der Waals surface area (Å²) in [4.78, 5) is 0. The lowest BCUT2D eigenvalue weighted by Gasteiger charge is -2.37. The number of nitrogens with one attached hydrogen (secondary N) is 1. The van der Waals surface area contributed by atoms with E-state index >= 15 is 0 Å². The van der Waals surface area contributed by atoms with Gasteiger partial charge < -0.3 is 5.32 Å². The largest absolute Gasteiger partial charge is 0.317 e. The summed E-state index contributed by atoms with van der Waals surface area (Å²) >= 11 is 0. The molecule has 0 unspecified atom stereocenters. The third-order valence-electron chi connectivity index (χ3n) is 4.46. The van der Waals surface area contributed by atoms with Gasteiger partial charge in [-0.1, -0.05) is 47.0 Å². The Bertz CT molecular complexity index is 239. The van der Waals surface area contributed by atoms with Crippen LogP contribution in [0.2, 0.25) is 43.3 Å². The van der Waals surface area contributed by atoms with Crippen LogP contribution in [0, 0.1) is 0 Å². The van der Waals surface area contributed by atoms with Crippen molar-refractivity contribution in [2.24, 2.45) is 0 Å². The van der Waals surface area contributed by atoms with E-state index in [4.69, 9.17) is 0 Å². The minimum atomic E-state index is -1.10. The van der Waals surface area contributed by atoms with Crippen LogP contribution in [0.1, 0.15) is 20.8 Å². The molecule has 0 atom stereocenters. The van der Waals surface area contributed by atoms with Crippen LogP contribution in [0.3, 0.4) is 0 Å². The smallest absolute Gasteiger partial charge is 0.0722 e. The first-order valence-corrected chi connectivity index (χ1v) is 13.4. The predicted molar refractivity (Wildman–Crippen MR) is 87.4 cm³/mol. The first kappa shape index (κ1) is 17.1. The summed E-state index contributed by atoms with van der Waals surface area (Å²) < 4.78 is 0. The van der Waals surface area contributed by atoms with Gasteiger partial charge in [0.2, 0.25) is 0 Å². The standard InChI is InChI=1S/C14H33NSi2/c1-9-16(5,6)12-10-15-11-13-17(7,8)14(2,3)4/h9,15H,1,10-13H2,2-8H3. The summed E-state index contributed by atoms with van der Waals surface area (Å²) in [5.74, 6) is 0. The van der Waals surface area contributed by atoms with E-state index in [0.717, 1.165) is 0 Å². The van der Waals surface area contributed by atoms with E-state index in [1.165, 1.54) is 25.2 Å². The molecule has 3 heteroatoms. The van der Waals surface area contributed by atoms with Crippen LogP contribution < -0.4 is 5.32 Å². The van der Waals surface area contributed by atoms with Crippen molar-refractivity contribution in [3.8, 4) is 0 Å². The van der Waals surface area contributed by atoms with Gasteiger partial charge in [-0.05, 0) is 30.2 Å². The Morgan fingerprint density at radius 1 is 1.00 bits per heavy atom. The second-order valence-corrected chi connectivity index (χ2v) is 18.2. The van der Waals surface area contributed by atoms with Crippen LogP contribution in [0.15, 0.2) is 12.3 Å².